The number of hydrogen-bond donors (Lipinski definition) is 3. The molecule has 0 saturated heterocycles. The standard InChI is InChI=1S/C21H24N4O3S3/c1-13(30-21-23-15-6-4-5-7-18(15)31-21)19(26)24-25-20(29)22-11-10-14-8-9-16(27-2)17(12-14)28-3/h4-9,12-13H,10-11H2,1-3H3,(H,24,26)(H2,22,25,29)/t13-/m1/s1. The lowest BCUT2D eigenvalue weighted by Gasteiger charge is -2.14. The molecule has 164 valence electrons. The number of thiocarbonyl (C=S) groups is 1. The van der Waals surface area contributed by atoms with Gasteiger partial charge in [0.25, 0.3) is 5.91 Å². The lowest BCUT2D eigenvalue weighted by atomic mass is 10.1. The Morgan fingerprint density at radius 3 is 2.68 bits per heavy atom. The van der Waals surface area contributed by atoms with Gasteiger partial charge in [-0.3, -0.25) is 15.6 Å². The van der Waals surface area contributed by atoms with Crippen LogP contribution in [0, 0.1) is 0 Å². The number of nitrogens with one attached hydrogen (secondary N) is 3. The van der Waals surface area contributed by atoms with Crippen molar-refractivity contribution in [3.05, 3.63) is 48.0 Å². The predicted molar refractivity (Wildman–Crippen MR) is 130 cm³/mol. The maximum Gasteiger partial charge on any atom is 0.251 e. The van der Waals surface area contributed by atoms with Gasteiger partial charge in [0.2, 0.25) is 0 Å². The molecular weight excluding hydrogens is 452 g/mol. The molecular formula is C21H24N4O3S3. The van der Waals surface area contributed by atoms with Gasteiger partial charge in [-0.05, 0) is 55.4 Å². The van der Waals surface area contributed by atoms with Crippen LogP contribution in [0.15, 0.2) is 46.8 Å². The third-order valence-electron chi connectivity index (χ3n) is 4.37. The second-order valence-electron chi connectivity index (χ2n) is 6.52. The van der Waals surface area contributed by atoms with E-state index in [2.05, 4.69) is 21.2 Å². The van der Waals surface area contributed by atoms with E-state index in [9.17, 15) is 4.79 Å². The molecule has 0 aliphatic carbocycles. The lowest BCUT2D eigenvalue weighted by molar-refractivity contribution is -0.120. The number of methoxy groups -OCH3 is 2. The van der Waals surface area contributed by atoms with Crippen molar-refractivity contribution in [2.75, 3.05) is 20.8 Å². The molecule has 3 rings (SSSR count). The Hall–Kier alpha value is -2.56. The first-order valence-electron chi connectivity index (χ1n) is 9.57. The predicted octanol–water partition coefficient (Wildman–Crippen LogP) is 3.53. The Bertz CT molecular complexity index is 1020. The molecule has 1 aromatic heterocycles. The molecule has 1 atom stereocenters. The van der Waals surface area contributed by atoms with Crippen LogP contribution in [0.4, 0.5) is 0 Å². The minimum absolute atomic E-state index is 0.173. The van der Waals surface area contributed by atoms with E-state index in [4.69, 9.17) is 21.7 Å². The van der Waals surface area contributed by atoms with Crippen molar-refractivity contribution in [2.45, 2.75) is 22.9 Å². The van der Waals surface area contributed by atoms with E-state index in [1.54, 1.807) is 25.6 Å². The fourth-order valence-electron chi connectivity index (χ4n) is 2.73. The van der Waals surface area contributed by atoms with Gasteiger partial charge in [-0.2, -0.15) is 0 Å². The van der Waals surface area contributed by atoms with Crippen molar-refractivity contribution in [3.8, 4) is 11.5 Å². The van der Waals surface area contributed by atoms with Gasteiger partial charge in [0.1, 0.15) is 0 Å². The van der Waals surface area contributed by atoms with Crippen molar-refractivity contribution in [3.63, 3.8) is 0 Å². The fourth-order valence-corrected chi connectivity index (χ4v) is 5.09. The van der Waals surface area contributed by atoms with Crippen LogP contribution in [-0.4, -0.2) is 42.0 Å². The second-order valence-corrected chi connectivity index (χ2v) is 9.54. The number of thiazole rings is 1. The molecule has 0 saturated carbocycles. The number of carbonyl (C=O) groups is 1. The Morgan fingerprint density at radius 2 is 1.94 bits per heavy atom. The third kappa shape index (κ3) is 6.46. The van der Waals surface area contributed by atoms with Crippen LogP contribution >= 0.6 is 35.3 Å². The number of rotatable bonds is 8. The third-order valence-corrected chi connectivity index (χ3v) is 6.84. The molecule has 0 spiro atoms. The van der Waals surface area contributed by atoms with Crippen LogP contribution in [0.2, 0.25) is 0 Å². The summed E-state index contributed by atoms with van der Waals surface area (Å²) in [5, 5.41) is 3.11. The second kappa shape index (κ2) is 11.2. The van der Waals surface area contributed by atoms with E-state index in [0.717, 1.165) is 26.5 Å². The number of thioether (sulfide) groups is 1. The minimum atomic E-state index is -0.317. The molecule has 0 fully saturated rings. The molecule has 10 heteroatoms. The summed E-state index contributed by atoms with van der Waals surface area (Å²) in [6.45, 7) is 2.44. The van der Waals surface area contributed by atoms with Crippen LogP contribution in [0.5, 0.6) is 11.5 Å². The van der Waals surface area contributed by atoms with Crippen LogP contribution in [0.25, 0.3) is 10.2 Å². The lowest BCUT2D eigenvalue weighted by Crippen LogP contribution is -2.49. The molecule has 0 bridgehead atoms. The summed E-state index contributed by atoms with van der Waals surface area (Å²) in [7, 11) is 3.22. The average Bonchev–Trinajstić information content (AvgIpc) is 3.19. The number of benzene rings is 2. The quantitative estimate of drug-likeness (QED) is 0.259. The number of hydrogen-bond acceptors (Lipinski definition) is 7. The summed E-state index contributed by atoms with van der Waals surface area (Å²) in [4.78, 5) is 16.9. The summed E-state index contributed by atoms with van der Waals surface area (Å²) in [6.07, 6.45) is 0.736. The molecule has 3 N–H and O–H groups in total. The molecule has 0 radical (unpaired) electrons. The van der Waals surface area contributed by atoms with Crippen LogP contribution in [-0.2, 0) is 11.2 Å². The Kier molecular flexibility index (Phi) is 8.33. The highest BCUT2D eigenvalue weighted by atomic mass is 32.2. The molecule has 0 aliphatic rings. The molecule has 7 nitrogen and oxygen atoms in total. The Balaban J connectivity index is 1.40. The number of amides is 1. The maximum absolute atomic E-state index is 12.4. The molecule has 31 heavy (non-hydrogen) atoms. The molecule has 2 aromatic carbocycles. The first-order valence-corrected chi connectivity index (χ1v) is 11.7. The highest BCUT2D eigenvalue weighted by Crippen LogP contribution is 2.31. The van der Waals surface area contributed by atoms with Gasteiger partial charge in [0, 0.05) is 6.54 Å². The van der Waals surface area contributed by atoms with E-state index in [0.29, 0.717) is 23.2 Å². The monoisotopic (exact) mass is 476 g/mol. The summed E-state index contributed by atoms with van der Waals surface area (Å²) in [5.41, 5.74) is 7.42. The van der Waals surface area contributed by atoms with Gasteiger partial charge in [-0.15, -0.1) is 11.3 Å². The SMILES string of the molecule is COc1ccc(CCNC(=S)NNC(=O)[C@@H](C)Sc2nc3ccccc3s2)cc1OC. The van der Waals surface area contributed by atoms with Crippen LogP contribution in [0.1, 0.15) is 12.5 Å². The Morgan fingerprint density at radius 1 is 1.16 bits per heavy atom. The average molecular weight is 477 g/mol. The number of fused-ring (bicyclic) bond motifs is 1. The molecule has 3 aromatic rings. The van der Waals surface area contributed by atoms with Crippen molar-refractivity contribution < 1.29 is 14.3 Å². The minimum Gasteiger partial charge on any atom is -0.493 e. The number of aromatic nitrogens is 1. The molecule has 0 aliphatic heterocycles. The number of para-hydroxylation sites is 1. The number of carbonyl (C=O) groups excluding carboxylic acids is 1. The Labute approximate surface area is 194 Å². The molecule has 1 amide bonds. The van der Waals surface area contributed by atoms with Crippen molar-refractivity contribution in [2.24, 2.45) is 0 Å². The van der Waals surface area contributed by atoms with Gasteiger partial charge in [0.15, 0.2) is 21.0 Å². The zero-order valence-electron chi connectivity index (χ0n) is 17.4. The fraction of sp³-hybridized carbons (Fsp3) is 0.286. The largest absolute Gasteiger partial charge is 0.493 e. The zero-order valence-corrected chi connectivity index (χ0v) is 19.9. The molecule has 0 unspecified atom stereocenters. The van der Waals surface area contributed by atoms with Gasteiger partial charge in [0.05, 0.1) is 29.7 Å². The maximum atomic E-state index is 12.4. The van der Waals surface area contributed by atoms with Gasteiger partial charge in [-0.25, -0.2) is 4.98 Å². The van der Waals surface area contributed by atoms with E-state index in [1.165, 1.54) is 11.8 Å². The van der Waals surface area contributed by atoms with Crippen molar-refractivity contribution in [1.82, 2.24) is 21.2 Å². The number of nitrogens with zero attached hydrogens (tertiary/aromatic N) is 1. The van der Waals surface area contributed by atoms with Gasteiger partial charge >= 0.3 is 0 Å². The summed E-state index contributed by atoms with van der Waals surface area (Å²) in [5.74, 6) is 1.21. The number of hydrazine groups is 1. The smallest absolute Gasteiger partial charge is 0.251 e. The topological polar surface area (TPSA) is 84.5 Å². The summed E-state index contributed by atoms with van der Waals surface area (Å²) < 4.78 is 12.5. The summed E-state index contributed by atoms with van der Waals surface area (Å²) in [6, 6.07) is 13.7. The van der Waals surface area contributed by atoms with E-state index < -0.39 is 0 Å². The zero-order chi connectivity index (χ0) is 22.2. The summed E-state index contributed by atoms with van der Waals surface area (Å²) >= 11 is 8.24. The normalized spacial score (nSPS) is 11.6. The first kappa shape index (κ1) is 23.1. The highest BCUT2D eigenvalue weighted by molar-refractivity contribution is 8.02. The van der Waals surface area contributed by atoms with Crippen LogP contribution < -0.4 is 25.6 Å². The van der Waals surface area contributed by atoms with Gasteiger partial charge in [-0.1, -0.05) is 30.0 Å². The number of ether oxygens (including phenoxy) is 2. The van der Waals surface area contributed by atoms with E-state index in [-0.39, 0.29) is 11.2 Å². The van der Waals surface area contributed by atoms with Crippen LogP contribution in [0.3, 0.4) is 0 Å². The van der Waals surface area contributed by atoms with E-state index in [1.807, 2.05) is 49.4 Å². The van der Waals surface area contributed by atoms with E-state index >= 15 is 0 Å². The van der Waals surface area contributed by atoms with Gasteiger partial charge < -0.3 is 14.8 Å². The first-order chi connectivity index (χ1) is 15.0. The highest BCUT2D eigenvalue weighted by Gasteiger charge is 2.17. The molecule has 1 heterocycles. The van der Waals surface area contributed by atoms with Crippen molar-refractivity contribution in [1.29, 1.82) is 0 Å². The van der Waals surface area contributed by atoms with Crippen molar-refractivity contribution >= 4 is 56.6 Å².